The number of aromatic nitrogens is 2. The summed E-state index contributed by atoms with van der Waals surface area (Å²) >= 11 is 0. The lowest BCUT2D eigenvalue weighted by Crippen LogP contribution is -2.41. The Morgan fingerprint density at radius 3 is 2.43 bits per heavy atom. The molecule has 3 rings (SSSR count). The molecule has 1 fully saturated rings. The lowest BCUT2D eigenvalue weighted by Gasteiger charge is -2.32. The van der Waals surface area contributed by atoms with Crippen molar-refractivity contribution in [3.63, 3.8) is 0 Å². The summed E-state index contributed by atoms with van der Waals surface area (Å²) in [5, 5.41) is 7.30. The SMILES string of the molecule is CC(c1cccc(NC(=O)OC(C)(C)C)c1)n1cc(B2OC(C)(C)C(C)(C)O2)cn1. The number of anilines is 1. The van der Waals surface area contributed by atoms with Crippen LogP contribution in [-0.2, 0) is 14.0 Å². The van der Waals surface area contributed by atoms with Crippen LogP contribution in [0.2, 0.25) is 0 Å². The largest absolute Gasteiger partial charge is 0.498 e. The van der Waals surface area contributed by atoms with E-state index in [2.05, 4.69) is 10.4 Å². The van der Waals surface area contributed by atoms with Gasteiger partial charge in [0.2, 0.25) is 0 Å². The zero-order valence-electron chi connectivity index (χ0n) is 19.1. The summed E-state index contributed by atoms with van der Waals surface area (Å²) in [7, 11) is -0.448. The molecule has 1 saturated heterocycles. The summed E-state index contributed by atoms with van der Waals surface area (Å²) < 4.78 is 19.4. The summed E-state index contributed by atoms with van der Waals surface area (Å²) in [5.41, 5.74) is 1.22. The zero-order valence-corrected chi connectivity index (χ0v) is 19.1. The van der Waals surface area contributed by atoms with E-state index in [4.69, 9.17) is 14.0 Å². The second-order valence-corrected chi connectivity index (χ2v) is 9.77. The Bertz CT molecular complexity index is 901. The van der Waals surface area contributed by atoms with Gasteiger partial charge in [-0.15, -0.1) is 0 Å². The molecule has 0 bridgehead atoms. The van der Waals surface area contributed by atoms with E-state index in [9.17, 15) is 4.79 Å². The molecule has 30 heavy (non-hydrogen) atoms. The van der Waals surface area contributed by atoms with Gasteiger partial charge in [-0.2, -0.15) is 5.10 Å². The summed E-state index contributed by atoms with van der Waals surface area (Å²) in [6.45, 7) is 15.7. The van der Waals surface area contributed by atoms with Crippen LogP contribution in [0.3, 0.4) is 0 Å². The van der Waals surface area contributed by atoms with Gasteiger partial charge in [-0.25, -0.2) is 4.79 Å². The minimum atomic E-state index is -0.548. The first-order valence-corrected chi connectivity index (χ1v) is 10.3. The molecule has 162 valence electrons. The van der Waals surface area contributed by atoms with Gasteiger partial charge < -0.3 is 14.0 Å². The highest BCUT2D eigenvalue weighted by atomic mass is 16.7. The van der Waals surface area contributed by atoms with Crippen LogP contribution in [0, 0.1) is 0 Å². The van der Waals surface area contributed by atoms with E-state index in [0.29, 0.717) is 5.69 Å². The van der Waals surface area contributed by atoms with E-state index in [1.807, 2.05) is 90.5 Å². The fourth-order valence-electron chi connectivity index (χ4n) is 3.12. The number of nitrogens with one attached hydrogen (secondary N) is 1. The molecule has 1 aliphatic rings. The summed E-state index contributed by atoms with van der Waals surface area (Å²) in [4.78, 5) is 12.1. The van der Waals surface area contributed by atoms with Gasteiger partial charge in [0.15, 0.2) is 0 Å². The topological polar surface area (TPSA) is 74.6 Å². The number of carbonyl (C=O) groups excluding carboxylic acids is 1. The predicted molar refractivity (Wildman–Crippen MR) is 118 cm³/mol. The molecule has 1 aromatic heterocycles. The molecule has 1 unspecified atom stereocenters. The van der Waals surface area contributed by atoms with E-state index >= 15 is 0 Å². The third-order valence-corrected chi connectivity index (χ3v) is 5.56. The van der Waals surface area contributed by atoms with Crippen LogP contribution in [0.25, 0.3) is 0 Å². The Labute approximate surface area is 179 Å². The summed E-state index contributed by atoms with van der Waals surface area (Å²) in [6.07, 6.45) is 3.25. The van der Waals surface area contributed by atoms with Crippen molar-refractivity contribution in [1.82, 2.24) is 9.78 Å². The van der Waals surface area contributed by atoms with E-state index in [0.717, 1.165) is 11.0 Å². The highest BCUT2D eigenvalue weighted by molar-refractivity contribution is 6.62. The Balaban J connectivity index is 1.72. The van der Waals surface area contributed by atoms with Crippen molar-refractivity contribution in [2.75, 3.05) is 5.32 Å². The summed E-state index contributed by atoms with van der Waals surface area (Å²) in [5.74, 6) is 0. The van der Waals surface area contributed by atoms with E-state index < -0.39 is 30.0 Å². The van der Waals surface area contributed by atoms with Gasteiger partial charge in [-0.05, 0) is 73.1 Å². The molecule has 7 nitrogen and oxygen atoms in total. The lowest BCUT2D eigenvalue weighted by molar-refractivity contribution is 0.00578. The predicted octanol–water partition coefficient (Wildman–Crippen LogP) is 4.14. The summed E-state index contributed by atoms with van der Waals surface area (Å²) in [6, 6.07) is 7.61. The molecule has 1 atom stereocenters. The normalized spacial score (nSPS) is 18.9. The monoisotopic (exact) mass is 413 g/mol. The van der Waals surface area contributed by atoms with Crippen LogP contribution < -0.4 is 10.8 Å². The third-order valence-electron chi connectivity index (χ3n) is 5.56. The number of benzene rings is 1. The van der Waals surface area contributed by atoms with Crippen molar-refractivity contribution in [1.29, 1.82) is 0 Å². The fourth-order valence-corrected chi connectivity index (χ4v) is 3.12. The van der Waals surface area contributed by atoms with Gasteiger partial charge in [-0.3, -0.25) is 10.00 Å². The number of hydrogen-bond acceptors (Lipinski definition) is 5. The van der Waals surface area contributed by atoms with Crippen LogP contribution >= 0.6 is 0 Å². The van der Waals surface area contributed by atoms with Gasteiger partial charge in [0.1, 0.15) is 5.60 Å². The van der Waals surface area contributed by atoms with Crippen LogP contribution in [0.15, 0.2) is 36.7 Å². The van der Waals surface area contributed by atoms with Gasteiger partial charge >= 0.3 is 13.2 Å². The molecule has 0 radical (unpaired) electrons. The van der Waals surface area contributed by atoms with E-state index in [-0.39, 0.29) is 6.04 Å². The number of rotatable bonds is 4. The molecular formula is C22H32BN3O4. The number of amides is 1. The van der Waals surface area contributed by atoms with Crippen LogP contribution in [0.5, 0.6) is 0 Å². The van der Waals surface area contributed by atoms with Gasteiger partial charge in [0, 0.05) is 23.5 Å². The van der Waals surface area contributed by atoms with Gasteiger partial charge in [-0.1, -0.05) is 12.1 Å². The Kier molecular flexibility index (Phi) is 5.77. The number of hydrogen-bond donors (Lipinski definition) is 1. The van der Waals surface area contributed by atoms with Gasteiger partial charge in [0.25, 0.3) is 0 Å². The van der Waals surface area contributed by atoms with Crippen LogP contribution in [0.4, 0.5) is 10.5 Å². The van der Waals surface area contributed by atoms with Crippen molar-refractivity contribution in [3.05, 3.63) is 42.2 Å². The second-order valence-electron chi connectivity index (χ2n) is 9.77. The first-order chi connectivity index (χ1) is 13.8. The first kappa shape index (κ1) is 22.4. The van der Waals surface area contributed by atoms with E-state index in [1.165, 1.54) is 0 Å². The molecule has 1 amide bonds. The van der Waals surface area contributed by atoms with Crippen molar-refractivity contribution >= 4 is 24.4 Å². The molecule has 2 aromatic rings. The molecule has 8 heteroatoms. The average Bonchev–Trinajstić information content (AvgIpc) is 3.15. The van der Waals surface area contributed by atoms with Crippen LogP contribution in [0.1, 0.15) is 67.0 Å². The maximum absolute atomic E-state index is 12.1. The first-order valence-electron chi connectivity index (χ1n) is 10.3. The number of ether oxygens (including phenoxy) is 1. The molecule has 1 aliphatic heterocycles. The maximum atomic E-state index is 12.1. The number of carbonyl (C=O) groups is 1. The third kappa shape index (κ3) is 4.87. The lowest BCUT2D eigenvalue weighted by atomic mass is 9.82. The smallest absolute Gasteiger partial charge is 0.444 e. The molecule has 1 aromatic carbocycles. The Hall–Kier alpha value is -2.32. The minimum Gasteiger partial charge on any atom is -0.444 e. The van der Waals surface area contributed by atoms with Crippen molar-refractivity contribution in [2.24, 2.45) is 0 Å². The molecule has 0 spiro atoms. The Morgan fingerprint density at radius 2 is 1.83 bits per heavy atom. The van der Waals surface area contributed by atoms with E-state index in [1.54, 1.807) is 6.20 Å². The molecule has 2 heterocycles. The quantitative estimate of drug-likeness (QED) is 0.763. The zero-order chi connectivity index (χ0) is 22.3. The number of nitrogens with zero attached hydrogens (tertiary/aromatic N) is 2. The molecule has 0 aliphatic carbocycles. The highest BCUT2D eigenvalue weighted by Crippen LogP contribution is 2.36. The second kappa shape index (κ2) is 7.74. The van der Waals surface area contributed by atoms with Crippen molar-refractivity contribution in [3.8, 4) is 0 Å². The molecular weight excluding hydrogens is 381 g/mol. The molecule has 1 N–H and O–H groups in total. The Morgan fingerprint density at radius 1 is 1.20 bits per heavy atom. The average molecular weight is 413 g/mol. The van der Waals surface area contributed by atoms with Crippen molar-refractivity contribution < 1.29 is 18.8 Å². The van der Waals surface area contributed by atoms with Gasteiger partial charge in [0.05, 0.1) is 17.2 Å². The standard InChI is InChI=1S/C22H32BN3O4/c1-15(16-10-9-11-18(12-16)25-19(27)28-20(2,3)4)26-14-17(13-24-26)23-29-21(5,6)22(7,8)30-23/h9-15H,1-8H3,(H,25,27). The maximum Gasteiger partial charge on any atom is 0.498 e. The van der Waals surface area contributed by atoms with Crippen LogP contribution in [-0.4, -0.2) is 39.8 Å². The molecule has 0 saturated carbocycles. The van der Waals surface area contributed by atoms with Crippen molar-refractivity contribution in [2.45, 2.75) is 78.2 Å². The minimum absolute atomic E-state index is 0.0402. The fraction of sp³-hybridized carbons (Fsp3) is 0.545. The highest BCUT2D eigenvalue weighted by Gasteiger charge is 2.52.